The third kappa shape index (κ3) is 4.58. The molecule has 0 bridgehead atoms. The third-order valence-corrected chi connectivity index (χ3v) is 7.56. The minimum Gasteiger partial charge on any atom is -0.322 e. The van der Waals surface area contributed by atoms with Gasteiger partial charge < -0.3 is 10.2 Å². The molecule has 0 fully saturated rings. The fraction of sp³-hybridized carbons (Fsp3) is 0.167. The number of nitrogens with zero attached hydrogens (tertiary/aromatic N) is 2. The highest BCUT2D eigenvalue weighted by Crippen LogP contribution is 2.31. The van der Waals surface area contributed by atoms with Crippen LogP contribution in [0.4, 0.5) is 17.1 Å². The van der Waals surface area contributed by atoms with Crippen molar-refractivity contribution in [1.82, 2.24) is 0 Å². The van der Waals surface area contributed by atoms with E-state index in [4.69, 9.17) is 11.6 Å². The molecule has 9 heteroatoms. The molecule has 0 aromatic heterocycles. The van der Waals surface area contributed by atoms with E-state index in [9.17, 15) is 18.0 Å². The second-order valence-corrected chi connectivity index (χ2v) is 10.1. The van der Waals surface area contributed by atoms with Gasteiger partial charge in [-0.2, -0.15) is 0 Å². The van der Waals surface area contributed by atoms with E-state index in [2.05, 4.69) is 5.32 Å². The van der Waals surface area contributed by atoms with E-state index in [0.717, 1.165) is 15.6 Å². The number of anilines is 3. The SMILES string of the molecule is CC(=O)N1CCc2cc(NC(=O)c3cccc(S(=O)(=O)N(C)c4cccc(Cl)c4)c3)ccc21. The minimum absolute atomic E-state index is 0.0105. The van der Waals surface area contributed by atoms with Crippen LogP contribution in [0.15, 0.2) is 71.6 Å². The number of carbonyl (C=O) groups is 2. The zero-order valence-corrected chi connectivity index (χ0v) is 19.7. The number of hydrogen-bond donors (Lipinski definition) is 1. The lowest BCUT2D eigenvalue weighted by Crippen LogP contribution is -2.26. The molecule has 4 rings (SSSR count). The zero-order chi connectivity index (χ0) is 23.8. The van der Waals surface area contributed by atoms with Crippen molar-refractivity contribution in [3.8, 4) is 0 Å². The van der Waals surface area contributed by atoms with Crippen LogP contribution >= 0.6 is 11.6 Å². The fourth-order valence-corrected chi connectivity index (χ4v) is 5.19. The van der Waals surface area contributed by atoms with Gasteiger partial charge in [-0.3, -0.25) is 13.9 Å². The highest BCUT2D eigenvalue weighted by atomic mass is 35.5. The van der Waals surface area contributed by atoms with Crippen molar-refractivity contribution >= 4 is 50.5 Å². The molecule has 3 aromatic carbocycles. The van der Waals surface area contributed by atoms with E-state index in [1.165, 1.54) is 32.2 Å². The summed E-state index contributed by atoms with van der Waals surface area (Å²) in [5, 5.41) is 3.23. The van der Waals surface area contributed by atoms with Crippen molar-refractivity contribution in [3.05, 3.63) is 82.9 Å². The maximum atomic E-state index is 13.1. The Bertz CT molecular complexity index is 1360. The van der Waals surface area contributed by atoms with E-state index in [0.29, 0.717) is 29.4 Å². The maximum Gasteiger partial charge on any atom is 0.264 e. The van der Waals surface area contributed by atoms with E-state index in [1.807, 2.05) is 6.07 Å². The fourth-order valence-electron chi connectivity index (χ4n) is 3.78. The normalized spacial score (nSPS) is 12.9. The summed E-state index contributed by atoms with van der Waals surface area (Å²) in [4.78, 5) is 26.3. The van der Waals surface area contributed by atoms with Gasteiger partial charge in [0.1, 0.15) is 0 Å². The number of hydrogen-bond acceptors (Lipinski definition) is 4. The molecule has 2 amide bonds. The number of halogens is 1. The molecule has 1 heterocycles. The van der Waals surface area contributed by atoms with Gasteiger partial charge in [0.25, 0.3) is 15.9 Å². The molecule has 7 nitrogen and oxygen atoms in total. The second kappa shape index (κ2) is 8.88. The number of sulfonamides is 1. The lowest BCUT2D eigenvalue weighted by molar-refractivity contribution is -0.116. The van der Waals surface area contributed by atoms with E-state index in [1.54, 1.807) is 47.4 Å². The standard InChI is InChI=1S/C24H22ClN3O4S/c1-16(29)28-12-11-17-13-20(9-10-23(17)28)26-24(30)18-5-3-8-22(14-18)33(31,32)27(2)21-7-4-6-19(25)15-21/h3-10,13-15H,11-12H2,1-2H3,(H,26,30). The summed E-state index contributed by atoms with van der Waals surface area (Å²) < 4.78 is 27.3. The summed E-state index contributed by atoms with van der Waals surface area (Å²) in [6.45, 7) is 2.14. The average Bonchev–Trinajstić information content (AvgIpc) is 3.22. The Morgan fingerprint density at radius 1 is 1.03 bits per heavy atom. The summed E-state index contributed by atoms with van der Waals surface area (Å²) in [6, 6.07) is 17.8. The third-order valence-electron chi connectivity index (χ3n) is 5.54. The number of fused-ring (bicyclic) bond motifs is 1. The van der Waals surface area contributed by atoms with Crippen LogP contribution < -0.4 is 14.5 Å². The topological polar surface area (TPSA) is 86.8 Å². The molecule has 1 aliphatic rings. The van der Waals surface area contributed by atoms with Crippen LogP contribution in [0.1, 0.15) is 22.8 Å². The number of nitrogens with one attached hydrogen (secondary N) is 1. The van der Waals surface area contributed by atoms with Crippen LogP contribution in [0, 0.1) is 0 Å². The van der Waals surface area contributed by atoms with Crippen molar-refractivity contribution in [2.24, 2.45) is 0 Å². The molecule has 1 N–H and O–H groups in total. The number of benzene rings is 3. The minimum atomic E-state index is -3.90. The van der Waals surface area contributed by atoms with Crippen LogP contribution in [0.3, 0.4) is 0 Å². The summed E-state index contributed by atoms with van der Waals surface area (Å²) in [6.07, 6.45) is 0.711. The molecule has 0 atom stereocenters. The van der Waals surface area contributed by atoms with Crippen LogP contribution in [0.2, 0.25) is 5.02 Å². The molecular formula is C24H22ClN3O4S. The Hall–Kier alpha value is -3.36. The van der Waals surface area contributed by atoms with Crippen LogP contribution in [0.5, 0.6) is 0 Å². The smallest absolute Gasteiger partial charge is 0.264 e. The van der Waals surface area contributed by atoms with Gasteiger partial charge in [-0.25, -0.2) is 8.42 Å². The first-order valence-electron chi connectivity index (χ1n) is 10.2. The summed E-state index contributed by atoms with van der Waals surface area (Å²) >= 11 is 5.99. The van der Waals surface area contributed by atoms with E-state index >= 15 is 0 Å². The lowest BCUT2D eigenvalue weighted by atomic mass is 10.1. The average molecular weight is 484 g/mol. The van der Waals surface area contributed by atoms with Crippen molar-refractivity contribution in [3.63, 3.8) is 0 Å². The van der Waals surface area contributed by atoms with Gasteiger partial charge in [-0.05, 0) is 66.6 Å². The van der Waals surface area contributed by atoms with Crippen molar-refractivity contribution in [1.29, 1.82) is 0 Å². The Morgan fingerprint density at radius 2 is 1.79 bits per heavy atom. The molecule has 1 aliphatic heterocycles. The summed E-state index contributed by atoms with van der Waals surface area (Å²) in [5.74, 6) is -0.454. The first kappa shape index (κ1) is 22.8. The largest absolute Gasteiger partial charge is 0.322 e. The van der Waals surface area contributed by atoms with E-state index in [-0.39, 0.29) is 16.4 Å². The first-order chi connectivity index (χ1) is 15.7. The quantitative estimate of drug-likeness (QED) is 0.585. The Kier molecular flexibility index (Phi) is 6.14. The molecule has 0 spiro atoms. The molecule has 0 unspecified atom stereocenters. The highest BCUT2D eigenvalue weighted by molar-refractivity contribution is 7.92. The highest BCUT2D eigenvalue weighted by Gasteiger charge is 2.24. The first-order valence-corrected chi connectivity index (χ1v) is 12.1. The van der Waals surface area contributed by atoms with Gasteiger partial charge in [0, 0.05) is 42.5 Å². The Morgan fingerprint density at radius 3 is 2.52 bits per heavy atom. The van der Waals surface area contributed by atoms with Gasteiger partial charge in [0.05, 0.1) is 10.6 Å². The Balaban J connectivity index is 1.55. The predicted molar refractivity (Wildman–Crippen MR) is 130 cm³/mol. The van der Waals surface area contributed by atoms with Crippen molar-refractivity contribution in [2.45, 2.75) is 18.2 Å². The number of rotatable bonds is 5. The summed E-state index contributed by atoms with van der Waals surface area (Å²) in [5.41, 5.74) is 3.02. The van der Waals surface area contributed by atoms with Crippen LogP contribution in [-0.2, 0) is 21.2 Å². The van der Waals surface area contributed by atoms with Gasteiger partial charge in [0.2, 0.25) is 5.91 Å². The van der Waals surface area contributed by atoms with Crippen molar-refractivity contribution in [2.75, 3.05) is 28.1 Å². The van der Waals surface area contributed by atoms with Crippen LogP contribution in [-0.4, -0.2) is 33.8 Å². The monoisotopic (exact) mass is 483 g/mol. The Labute approximate surface area is 197 Å². The maximum absolute atomic E-state index is 13.1. The lowest BCUT2D eigenvalue weighted by Gasteiger charge is -2.20. The molecule has 0 aliphatic carbocycles. The molecule has 0 radical (unpaired) electrons. The molecular weight excluding hydrogens is 462 g/mol. The molecule has 170 valence electrons. The summed E-state index contributed by atoms with van der Waals surface area (Å²) in [7, 11) is -2.47. The van der Waals surface area contributed by atoms with Gasteiger partial charge in [-0.15, -0.1) is 0 Å². The van der Waals surface area contributed by atoms with Crippen molar-refractivity contribution < 1.29 is 18.0 Å². The second-order valence-electron chi connectivity index (χ2n) is 7.70. The number of carbonyl (C=O) groups excluding carboxylic acids is 2. The predicted octanol–water partition coefficient (Wildman–Crippen LogP) is 4.33. The van der Waals surface area contributed by atoms with Gasteiger partial charge in [0.15, 0.2) is 0 Å². The number of amides is 2. The molecule has 3 aromatic rings. The van der Waals surface area contributed by atoms with Crippen LogP contribution in [0.25, 0.3) is 0 Å². The van der Waals surface area contributed by atoms with E-state index < -0.39 is 15.9 Å². The van der Waals surface area contributed by atoms with Gasteiger partial charge in [-0.1, -0.05) is 23.7 Å². The van der Waals surface area contributed by atoms with Gasteiger partial charge >= 0.3 is 0 Å². The zero-order valence-electron chi connectivity index (χ0n) is 18.1. The molecule has 33 heavy (non-hydrogen) atoms. The molecule has 0 saturated heterocycles. The molecule has 0 saturated carbocycles.